The normalized spacial score (nSPS) is 10.1. The number of carbonyl (C=O) groups excluding carboxylic acids is 1. The Morgan fingerprint density at radius 1 is 1.17 bits per heavy atom. The zero-order valence-electron chi connectivity index (χ0n) is 10.1. The van der Waals surface area contributed by atoms with Crippen LogP contribution in [-0.2, 0) is 11.2 Å². The highest BCUT2D eigenvalue weighted by Crippen LogP contribution is 2.29. The highest BCUT2D eigenvalue weighted by atomic mass is 16.5. The van der Waals surface area contributed by atoms with Crippen LogP contribution in [0.1, 0.15) is 5.56 Å². The molecule has 0 spiro atoms. The number of para-hydroxylation sites is 1. The van der Waals surface area contributed by atoms with Crippen LogP contribution in [0.3, 0.4) is 0 Å². The SMILES string of the molecule is COc1ccccc1-c1cccc(CC(=O)[O-])c1. The van der Waals surface area contributed by atoms with E-state index in [-0.39, 0.29) is 6.42 Å². The molecule has 0 N–H and O–H groups in total. The van der Waals surface area contributed by atoms with Gasteiger partial charge in [-0.15, -0.1) is 0 Å². The van der Waals surface area contributed by atoms with E-state index in [0.29, 0.717) is 0 Å². The molecule has 0 bridgehead atoms. The molecule has 0 atom stereocenters. The van der Waals surface area contributed by atoms with E-state index in [0.717, 1.165) is 22.4 Å². The molecular weight excluding hydrogens is 228 g/mol. The largest absolute Gasteiger partial charge is 0.550 e. The number of hydrogen-bond acceptors (Lipinski definition) is 3. The van der Waals surface area contributed by atoms with Gasteiger partial charge in [-0.2, -0.15) is 0 Å². The van der Waals surface area contributed by atoms with Crippen molar-refractivity contribution in [2.45, 2.75) is 6.42 Å². The minimum absolute atomic E-state index is 0.0804. The summed E-state index contributed by atoms with van der Waals surface area (Å²) in [4.78, 5) is 10.6. The van der Waals surface area contributed by atoms with Crippen LogP contribution in [0.4, 0.5) is 0 Å². The van der Waals surface area contributed by atoms with Gasteiger partial charge in [0, 0.05) is 18.0 Å². The standard InChI is InChI=1S/C15H14O3/c1-18-14-8-3-2-7-13(14)12-6-4-5-11(9-12)10-15(16)17/h2-9H,10H2,1H3,(H,16,17)/p-1. The Balaban J connectivity index is 2.41. The molecule has 3 nitrogen and oxygen atoms in total. The highest BCUT2D eigenvalue weighted by molar-refractivity contribution is 5.73. The van der Waals surface area contributed by atoms with E-state index in [9.17, 15) is 9.90 Å². The summed E-state index contributed by atoms with van der Waals surface area (Å²) in [7, 11) is 1.61. The molecule has 0 fully saturated rings. The van der Waals surface area contributed by atoms with E-state index in [1.54, 1.807) is 13.2 Å². The van der Waals surface area contributed by atoms with Crippen molar-refractivity contribution >= 4 is 5.97 Å². The fourth-order valence-corrected chi connectivity index (χ4v) is 1.90. The van der Waals surface area contributed by atoms with Crippen molar-refractivity contribution in [1.82, 2.24) is 0 Å². The van der Waals surface area contributed by atoms with Crippen molar-refractivity contribution in [3.8, 4) is 16.9 Å². The van der Waals surface area contributed by atoms with Crippen molar-refractivity contribution < 1.29 is 14.6 Å². The van der Waals surface area contributed by atoms with E-state index >= 15 is 0 Å². The summed E-state index contributed by atoms with van der Waals surface area (Å²) in [5.74, 6) is -0.310. The molecule has 0 heterocycles. The van der Waals surface area contributed by atoms with Gasteiger partial charge in [-0.05, 0) is 17.2 Å². The Hall–Kier alpha value is -2.29. The van der Waals surface area contributed by atoms with Crippen LogP contribution in [0.5, 0.6) is 5.75 Å². The van der Waals surface area contributed by atoms with Crippen molar-refractivity contribution in [1.29, 1.82) is 0 Å². The molecule has 18 heavy (non-hydrogen) atoms. The quantitative estimate of drug-likeness (QED) is 0.817. The summed E-state index contributed by atoms with van der Waals surface area (Å²) in [6, 6.07) is 15.0. The molecule has 0 saturated carbocycles. The maximum atomic E-state index is 10.6. The first kappa shape index (κ1) is 12.2. The number of rotatable bonds is 4. The van der Waals surface area contributed by atoms with E-state index in [4.69, 9.17) is 4.74 Å². The molecule has 92 valence electrons. The van der Waals surface area contributed by atoms with Gasteiger partial charge in [0.25, 0.3) is 0 Å². The second kappa shape index (κ2) is 5.36. The zero-order valence-corrected chi connectivity index (χ0v) is 10.1. The Kier molecular flexibility index (Phi) is 3.63. The summed E-state index contributed by atoms with van der Waals surface area (Å²) in [6.07, 6.45) is -0.0804. The number of carbonyl (C=O) groups is 1. The fraction of sp³-hybridized carbons (Fsp3) is 0.133. The molecule has 0 unspecified atom stereocenters. The van der Waals surface area contributed by atoms with Crippen LogP contribution < -0.4 is 9.84 Å². The number of ether oxygens (including phenoxy) is 1. The highest BCUT2D eigenvalue weighted by Gasteiger charge is 2.05. The second-order valence-electron chi connectivity index (χ2n) is 3.95. The van der Waals surface area contributed by atoms with Crippen molar-refractivity contribution in [2.75, 3.05) is 7.11 Å². The lowest BCUT2D eigenvalue weighted by molar-refractivity contribution is -0.304. The van der Waals surface area contributed by atoms with Crippen LogP contribution in [0.25, 0.3) is 11.1 Å². The third kappa shape index (κ3) is 2.69. The lowest BCUT2D eigenvalue weighted by Crippen LogP contribution is -2.24. The average Bonchev–Trinajstić information content (AvgIpc) is 2.38. The molecule has 2 aromatic rings. The summed E-state index contributed by atoms with van der Waals surface area (Å²) in [5.41, 5.74) is 2.60. The van der Waals surface area contributed by atoms with Gasteiger partial charge in [-0.1, -0.05) is 42.5 Å². The molecule has 0 amide bonds. The van der Waals surface area contributed by atoms with E-state index < -0.39 is 5.97 Å². The van der Waals surface area contributed by atoms with Crippen LogP contribution in [0.15, 0.2) is 48.5 Å². The summed E-state index contributed by atoms with van der Waals surface area (Å²) in [6.45, 7) is 0. The van der Waals surface area contributed by atoms with Crippen LogP contribution in [0.2, 0.25) is 0 Å². The van der Waals surface area contributed by atoms with Crippen molar-refractivity contribution in [3.63, 3.8) is 0 Å². The minimum Gasteiger partial charge on any atom is -0.550 e. The van der Waals surface area contributed by atoms with Gasteiger partial charge < -0.3 is 14.6 Å². The van der Waals surface area contributed by atoms with Gasteiger partial charge in [-0.25, -0.2) is 0 Å². The average molecular weight is 241 g/mol. The fourth-order valence-electron chi connectivity index (χ4n) is 1.90. The molecule has 0 radical (unpaired) electrons. The van der Waals surface area contributed by atoms with Gasteiger partial charge in [0.15, 0.2) is 0 Å². The first-order valence-corrected chi connectivity index (χ1v) is 5.63. The number of benzene rings is 2. The number of methoxy groups -OCH3 is 1. The van der Waals surface area contributed by atoms with Crippen LogP contribution >= 0.6 is 0 Å². The number of carboxylic acids is 1. The molecule has 0 aliphatic rings. The maximum absolute atomic E-state index is 10.6. The summed E-state index contributed by atoms with van der Waals surface area (Å²) in [5, 5.41) is 10.6. The molecule has 0 saturated heterocycles. The van der Waals surface area contributed by atoms with Gasteiger partial charge in [-0.3, -0.25) is 0 Å². The molecule has 2 aromatic carbocycles. The predicted molar refractivity (Wildman–Crippen MR) is 67.1 cm³/mol. The monoisotopic (exact) mass is 241 g/mol. The maximum Gasteiger partial charge on any atom is 0.126 e. The first-order valence-electron chi connectivity index (χ1n) is 5.63. The van der Waals surface area contributed by atoms with Crippen molar-refractivity contribution in [3.05, 3.63) is 54.1 Å². The van der Waals surface area contributed by atoms with E-state index in [2.05, 4.69) is 0 Å². The Bertz CT molecular complexity index is 561. The summed E-state index contributed by atoms with van der Waals surface area (Å²) < 4.78 is 5.29. The Morgan fingerprint density at radius 3 is 2.67 bits per heavy atom. The molecule has 3 heteroatoms. The van der Waals surface area contributed by atoms with E-state index in [1.165, 1.54) is 0 Å². The summed E-state index contributed by atoms with van der Waals surface area (Å²) >= 11 is 0. The van der Waals surface area contributed by atoms with E-state index in [1.807, 2.05) is 42.5 Å². The Morgan fingerprint density at radius 2 is 1.94 bits per heavy atom. The zero-order chi connectivity index (χ0) is 13.0. The third-order valence-corrected chi connectivity index (χ3v) is 2.69. The second-order valence-corrected chi connectivity index (χ2v) is 3.95. The van der Waals surface area contributed by atoms with Gasteiger partial charge >= 0.3 is 0 Å². The molecule has 0 aliphatic carbocycles. The lowest BCUT2D eigenvalue weighted by Gasteiger charge is -2.10. The third-order valence-electron chi connectivity index (χ3n) is 2.69. The predicted octanol–water partition coefficient (Wildman–Crippen LogP) is 1.65. The lowest BCUT2D eigenvalue weighted by atomic mass is 10.0. The van der Waals surface area contributed by atoms with Gasteiger partial charge in [0.1, 0.15) is 5.75 Å². The molecule has 0 aliphatic heterocycles. The van der Waals surface area contributed by atoms with Gasteiger partial charge in [0.2, 0.25) is 0 Å². The van der Waals surface area contributed by atoms with Crippen LogP contribution in [0, 0.1) is 0 Å². The molecule has 2 rings (SSSR count). The minimum atomic E-state index is -1.08. The molecule has 0 aromatic heterocycles. The number of hydrogen-bond donors (Lipinski definition) is 0. The van der Waals surface area contributed by atoms with Crippen LogP contribution in [-0.4, -0.2) is 13.1 Å². The smallest absolute Gasteiger partial charge is 0.126 e. The first-order chi connectivity index (χ1) is 8.70. The van der Waals surface area contributed by atoms with Crippen molar-refractivity contribution in [2.24, 2.45) is 0 Å². The molecular formula is C15H13O3-. The number of aliphatic carboxylic acids is 1. The topological polar surface area (TPSA) is 49.4 Å². The van der Waals surface area contributed by atoms with Gasteiger partial charge in [0.05, 0.1) is 7.11 Å². The number of carboxylic acid groups (broad SMARTS) is 1. The Labute approximate surface area is 106 Å².